The third kappa shape index (κ3) is 3.56. The van der Waals surface area contributed by atoms with Crippen LogP contribution in [0.1, 0.15) is 10.4 Å². The summed E-state index contributed by atoms with van der Waals surface area (Å²) in [6.07, 6.45) is 0. The molecule has 1 aromatic carbocycles. The minimum Gasteiger partial charge on any atom is -0.341 e. The maximum absolute atomic E-state index is 11.9. The van der Waals surface area contributed by atoms with Crippen LogP contribution in [0, 0.1) is 0 Å². The van der Waals surface area contributed by atoms with Gasteiger partial charge in [-0.05, 0) is 29.6 Å². The summed E-state index contributed by atoms with van der Waals surface area (Å²) in [5, 5.41) is 11.5. The molecule has 1 heterocycles. The minimum atomic E-state index is -0.304. The number of benzene rings is 1. The van der Waals surface area contributed by atoms with Crippen LogP contribution < -0.4 is 16.0 Å². The molecule has 2 rings (SSSR count). The lowest BCUT2D eigenvalue weighted by Crippen LogP contribution is -2.24. The van der Waals surface area contributed by atoms with Gasteiger partial charge in [-0.1, -0.05) is 6.07 Å². The largest absolute Gasteiger partial charge is 0.341 e. The van der Waals surface area contributed by atoms with E-state index in [0.717, 1.165) is 0 Å². The van der Waals surface area contributed by atoms with E-state index in [-0.39, 0.29) is 11.9 Å². The van der Waals surface area contributed by atoms with Gasteiger partial charge in [0.15, 0.2) is 0 Å². The highest BCUT2D eigenvalue weighted by atomic mass is 32.1. The predicted molar refractivity (Wildman–Crippen MR) is 76.8 cm³/mol. The SMILES string of the molecule is CNC(=O)Nc1cccc(NC(=O)c2ccsc2)c1. The minimum absolute atomic E-state index is 0.168. The van der Waals surface area contributed by atoms with Gasteiger partial charge in [0, 0.05) is 23.8 Å². The predicted octanol–water partition coefficient (Wildman–Crippen LogP) is 2.75. The second-order valence-electron chi connectivity index (χ2n) is 3.75. The maximum atomic E-state index is 11.9. The molecule has 5 nitrogen and oxygen atoms in total. The number of hydrogen-bond acceptors (Lipinski definition) is 3. The molecule has 19 heavy (non-hydrogen) atoms. The highest BCUT2D eigenvalue weighted by molar-refractivity contribution is 7.08. The molecule has 0 radical (unpaired) electrons. The smallest absolute Gasteiger partial charge is 0.318 e. The summed E-state index contributed by atoms with van der Waals surface area (Å²) < 4.78 is 0. The van der Waals surface area contributed by atoms with Crippen molar-refractivity contribution >= 4 is 34.6 Å². The molecule has 0 spiro atoms. The topological polar surface area (TPSA) is 70.2 Å². The van der Waals surface area contributed by atoms with Gasteiger partial charge in [-0.15, -0.1) is 0 Å². The van der Waals surface area contributed by atoms with Gasteiger partial charge in [0.05, 0.1) is 5.56 Å². The summed E-state index contributed by atoms with van der Waals surface area (Å²) >= 11 is 1.47. The lowest BCUT2D eigenvalue weighted by molar-refractivity contribution is 0.102. The maximum Gasteiger partial charge on any atom is 0.318 e. The summed E-state index contributed by atoms with van der Waals surface area (Å²) in [7, 11) is 1.54. The quantitative estimate of drug-likeness (QED) is 0.806. The molecule has 0 saturated carbocycles. The fourth-order valence-electron chi connectivity index (χ4n) is 1.47. The fraction of sp³-hybridized carbons (Fsp3) is 0.0769. The molecule has 0 aliphatic rings. The Morgan fingerprint density at radius 3 is 2.47 bits per heavy atom. The van der Waals surface area contributed by atoms with E-state index in [0.29, 0.717) is 16.9 Å². The Balaban J connectivity index is 2.07. The number of anilines is 2. The van der Waals surface area contributed by atoms with Crippen molar-refractivity contribution in [3.05, 3.63) is 46.7 Å². The van der Waals surface area contributed by atoms with E-state index in [9.17, 15) is 9.59 Å². The normalized spacial score (nSPS) is 9.74. The van der Waals surface area contributed by atoms with Crippen LogP contribution in [0.3, 0.4) is 0 Å². The van der Waals surface area contributed by atoms with Gasteiger partial charge in [0.1, 0.15) is 0 Å². The van der Waals surface area contributed by atoms with Gasteiger partial charge < -0.3 is 16.0 Å². The van der Waals surface area contributed by atoms with Gasteiger partial charge >= 0.3 is 6.03 Å². The molecule has 0 saturated heterocycles. The molecular weight excluding hydrogens is 262 g/mol. The van der Waals surface area contributed by atoms with E-state index < -0.39 is 0 Å². The van der Waals surface area contributed by atoms with Crippen LogP contribution in [-0.2, 0) is 0 Å². The van der Waals surface area contributed by atoms with Crippen LogP contribution in [0.15, 0.2) is 41.1 Å². The molecule has 0 atom stereocenters. The fourth-order valence-corrected chi connectivity index (χ4v) is 2.10. The van der Waals surface area contributed by atoms with Crippen molar-refractivity contribution in [1.82, 2.24) is 5.32 Å². The van der Waals surface area contributed by atoms with Crippen LogP contribution in [-0.4, -0.2) is 19.0 Å². The van der Waals surface area contributed by atoms with Crippen molar-refractivity contribution in [2.24, 2.45) is 0 Å². The first kappa shape index (κ1) is 13.1. The Labute approximate surface area is 114 Å². The molecule has 2 aromatic rings. The Morgan fingerprint density at radius 2 is 1.84 bits per heavy atom. The first-order valence-electron chi connectivity index (χ1n) is 5.61. The van der Waals surface area contributed by atoms with Gasteiger partial charge in [-0.2, -0.15) is 11.3 Å². The summed E-state index contributed by atoms with van der Waals surface area (Å²) in [5.41, 5.74) is 1.86. The van der Waals surface area contributed by atoms with E-state index in [2.05, 4.69) is 16.0 Å². The number of hydrogen-bond donors (Lipinski definition) is 3. The average molecular weight is 275 g/mol. The first-order chi connectivity index (χ1) is 9.19. The van der Waals surface area contributed by atoms with E-state index in [1.165, 1.54) is 18.4 Å². The summed E-state index contributed by atoms with van der Waals surface area (Å²) in [6, 6.07) is 8.41. The molecule has 0 bridgehead atoms. The number of amides is 3. The first-order valence-corrected chi connectivity index (χ1v) is 6.55. The van der Waals surface area contributed by atoms with Crippen LogP contribution in [0.25, 0.3) is 0 Å². The molecule has 1 aromatic heterocycles. The molecular formula is C13H13N3O2S. The standard InChI is InChI=1S/C13H13N3O2S/c1-14-13(18)16-11-4-2-3-10(7-11)15-12(17)9-5-6-19-8-9/h2-8H,1H3,(H,15,17)(H2,14,16,18). The van der Waals surface area contributed by atoms with Crippen molar-refractivity contribution in [3.8, 4) is 0 Å². The van der Waals surface area contributed by atoms with Crippen LogP contribution in [0.2, 0.25) is 0 Å². The van der Waals surface area contributed by atoms with Crippen molar-refractivity contribution in [1.29, 1.82) is 0 Å². The average Bonchev–Trinajstić information content (AvgIpc) is 2.93. The molecule has 0 unspecified atom stereocenters. The highest BCUT2D eigenvalue weighted by Gasteiger charge is 2.06. The molecule has 6 heteroatoms. The Bertz CT molecular complexity index is 581. The third-order valence-electron chi connectivity index (χ3n) is 2.39. The third-order valence-corrected chi connectivity index (χ3v) is 3.07. The molecule has 0 aliphatic carbocycles. The van der Waals surface area contributed by atoms with Gasteiger partial charge in [0.2, 0.25) is 0 Å². The van der Waals surface area contributed by atoms with Crippen LogP contribution in [0.5, 0.6) is 0 Å². The number of nitrogens with one attached hydrogen (secondary N) is 3. The van der Waals surface area contributed by atoms with E-state index in [1.807, 2.05) is 5.38 Å². The van der Waals surface area contributed by atoms with Crippen LogP contribution in [0.4, 0.5) is 16.2 Å². The zero-order valence-electron chi connectivity index (χ0n) is 10.3. The van der Waals surface area contributed by atoms with E-state index >= 15 is 0 Å². The monoisotopic (exact) mass is 275 g/mol. The summed E-state index contributed by atoms with van der Waals surface area (Å²) in [4.78, 5) is 23.1. The Hall–Kier alpha value is -2.34. The van der Waals surface area contributed by atoms with Crippen molar-refractivity contribution in [3.63, 3.8) is 0 Å². The number of carbonyl (C=O) groups is 2. The summed E-state index contributed by atoms with van der Waals surface area (Å²) in [5.74, 6) is -0.168. The highest BCUT2D eigenvalue weighted by Crippen LogP contribution is 2.16. The number of urea groups is 1. The van der Waals surface area contributed by atoms with Crippen LogP contribution >= 0.6 is 11.3 Å². The zero-order valence-corrected chi connectivity index (χ0v) is 11.1. The van der Waals surface area contributed by atoms with E-state index in [4.69, 9.17) is 0 Å². The van der Waals surface area contributed by atoms with Crippen molar-refractivity contribution < 1.29 is 9.59 Å². The zero-order chi connectivity index (χ0) is 13.7. The number of carbonyl (C=O) groups excluding carboxylic acids is 2. The van der Waals surface area contributed by atoms with Crippen molar-refractivity contribution in [2.75, 3.05) is 17.7 Å². The van der Waals surface area contributed by atoms with Crippen molar-refractivity contribution in [2.45, 2.75) is 0 Å². The lowest BCUT2D eigenvalue weighted by Gasteiger charge is -2.08. The molecule has 0 fully saturated rings. The summed E-state index contributed by atoms with van der Waals surface area (Å²) in [6.45, 7) is 0. The molecule has 3 amide bonds. The second-order valence-corrected chi connectivity index (χ2v) is 4.53. The molecule has 98 valence electrons. The van der Waals surface area contributed by atoms with Gasteiger partial charge in [-0.3, -0.25) is 4.79 Å². The molecule has 3 N–H and O–H groups in total. The van der Waals surface area contributed by atoms with E-state index in [1.54, 1.807) is 35.7 Å². The Kier molecular flexibility index (Phi) is 4.15. The Morgan fingerprint density at radius 1 is 1.11 bits per heavy atom. The van der Waals surface area contributed by atoms with Gasteiger partial charge in [0.25, 0.3) is 5.91 Å². The second kappa shape index (κ2) is 6.01. The number of thiophene rings is 1. The van der Waals surface area contributed by atoms with Gasteiger partial charge in [-0.25, -0.2) is 4.79 Å². The molecule has 0 aliphatic heterocycles. The lowest BCUT2D eigenvalue weighted by atomic mass is 10.2. The number of rotatable bonds is 3.